The van der Waals surface area contributed by atoms with E-state index in [9.17, 15) is 15.0 Å². The van der Waals surface area contributed by atoms with Gasteiger partial charge in [-0.1, -0.05) is 25.2 Å². The van der Waals surface area contributed by atoms with Gasteiger partial charge in [0.2, 0.25) is 0 Å². The molecule has 0 aromatic rings. The lowest BCUT2D eigenvalue weighted by Gasteiger charge is -2.52. The quantitative estimate of drug-likeness (QED) is 0.769. The number of rotatable bonds is 2. The predicted octanol–water partition coefficient (Wildman–Crippen LogP) is 2.15. The number of aliphatic hydroxyl groups is 2. The zero-order valence-corrected chi connectivity index (χ0v) is 13.3. The van der Waals surface area contributed by atoms with Gasteiger partial charge in [0.05, 0.1) is 12.0 Å². The lowest BCUT2D eigenvalue weighted by atomic mass is 9.50. The fourth-order valence-electron chi connectivity index (χ4n) is 5.50. The van der Waals surface area contributed by atoms with Crippen LogP contribution in [0.5, 0.6) is 0 Å². The molecular weight excluding hydrogens is 276 g/mol. The second kappa shape index (κ2) is 5.08. The molecular formula is C19H26O3. The fourth-order valence-corrected chi connectivity index (χ4v) is 5.50. The smallest absolute Gasteiger partial charge is 0.139 e. The van der Waals surface area contributed by atoms with E-state index >= 15 is 0 Å². The van der Waals surface area contributed by atoms with Gasteiger partial charge >= 0.3 is 0 Å². The Kier molecular flexibility index (Phi) is 3.40. The molecule has 4 rings (SSSR count). The van der Waals surface area contributed by atoms with Gasteiger partial charge in [-0.05, 0) is 55.8 Å². The molecule has 0 spiro atoms. The van der Waals surface area contributed by atoms with Crippen LogP contribution in [0.25, 0.3) is 0 Å². The van der Waals surface area contributed by atoms with E-state index in [1.165, 1.54) is 19.3 Å². The highest BCUT2D eigenvalue weighted by atomic mass is 16.3. The molecule has 0 aromatic heterocycles. The number of carbonyl (C=O) groups is 1. The Morgan fingerprint density at radius 3 is 2.73 bits per heavy atom. The first-order valence-corrected chi connectivity index (χ1v) is 8.91. The molecule has 0 aromatic carbocycles. The van der Waals surface area contributed by atoms with Crippen LogP contribution in [0.1, 0.15) is 51.9 Å². The van der Waals surface area contributed by atoms with E-state index in [4.69, 9.17) is 0 Å². The summed E-state index contributed by atoms with van der Waals surface area (Å²) in [7, 11) is 0. The maximum Gasteiger partial charge on any atom is 0.139 e. The summed E-state index contributed by atoms with van der Waals surface area (Å²) in [6.07, 6.45) is 5.81. The van der Waals surface area contributed by atoms with Crippen molar-refractivity contribution in [2.75, 3.05) is 0 Å². The Bertz CT molecular complexity index is 535. The van der Waals surface area contributed by atoms with Gasteiger partial charge in [0, 0.05) is 11.8 Å². The highest BCUT2D eigenvalue weighted by Crippen LogP contribution is 2.59. The number of carbonyl (C=O) groups excluding carboxylic acids is 1. The number of fused-ring (bicyclic) bond motifs is 2. The van der Waals surface area contributed by atoms with Crippen molar-refractivity contribution in [3.8, 4) is 11.8 Å². The molecule has 4 aliphatic rings. The number of hydrogen-bond acceptors (Lipinski definition) is 3. The zero-order valence-electron chi connectivity index (χ0n) is 13.3. The van der Waals surface area contributed by atoms with E-state index in [-0.39, 0.29) is 17.3 Å². The van der Waals surface area contributed by atoms with Crippen molar-refractivity contribution in [1.82, 2.24) is 0 Å². The van der Waals surface area contributed by atoms with E-state index < -0.39 is 12.2 Å². The Morgan fingerprint density at radius 1 is 1.32 bits per heavy atom. The summed E-state index contributed by atoms with van der Waals surface area (Å²) in [4.78, 5) is 11.9. The van der Waals surface area contributed by atoms with Gasteiger partial charge < -0.3 is 10.2 Å². The molecule has 0 saturated heterocycles. The SMILES string of the molecule is C[C@]12CC[C@@H](O)[C@H](C#C[C@@H](O)CC3C4CCCC43)[C@H]1CC2=O. The van der Waals surface area contributed by atoms with Gasteiger partial charge in [-0.2, -0.15) is 0 Å². The minimum absolute atomic E-state index is 0.134. The molecule has 7 atom stereocenters. The summed E-state index contributed by atoms with van der Waals surface area (Å²) in [5.74, 6) is 8.90. The third-order valence-electron chi connectivity index (χ3n) is 7.16. The molecule has 3 nitrogen and oxygen atoms in total. The van der Waals surface area contributed by atoms with E-state index in [0.29, 0.717) is 24.5 Å². The molecule has 0 bridgehead atoms. The second-order valence-electron chi connectivity index (χ2n) is 8.25. The van der Waals surface area contributed by atoms with Crippen LogP contribution in [0.2, 0.25) is 0 Å². The first kappa shape index (κ1) is 14.7. The van der Waals surface area contributed by atoms with Crippen molar-refractivity contribution in [3.63, 3.8) is 0 Å². The normalized spacial score (nSPS) is 50.2. The monoisotopic (exact) mass is 302 g/mol. The van der Waals surface area contributed by atoms with Crippen LogP contribution in [-0.4, -0.2) is 28.2 Å². The van der Waals surface area contributed by atoms with Crippen LogP contribution in [0, 0.1) is 46.8 Å². The third kappa shape index (κ3) is 2.15. The molecule has 0 amide bonds. The summed E-state index contributed by atoms with van der Waals surface area (Å²) >= 11 is 0. The first-order chi connectivity index (χ1) is 10.5. The van der Waals surface area contributed by atoms with Crippen LogP contribution in [-0.2, 0) is 4.79 Å². The number of Topliss-reactive ketones (excluding diaryl/α,β-unsaturated/α-hetero) is 1. The minimum Gasteiger partial charge on any atom is -0.392 e. The zero-order chi connectivity index (χ0) is 15.5. The lowest BCUT2D eigenvalue weighted by Crippen LogP contribution is -2.56. The molecule has 22 heavy (non-hydrogen) atoms. The fraction of sp³-hybridized carbons (Fsp3) is 0.842. The van der Waals surface area contributed by atoms with Crippen LogP contribution < -0.4 is 0 Å². The van der Waals surface area contributed by atoms with E-state index in [1.54, 1.807) is 0 Å². The molecule has 0 heterocycles. The molecule has 2 unspecified atom stereocenters. The van der Waals surface area contributed by atoms with Gasteiger partial charge in [-0.25, -0.2) is 0 Å². The van der Waals surface area contributed by atoms with Gasteiger partial charge in [-0.15, -0.1) is 0 Å². The van der Waals surface area contributed by atoms with Crippen molar-refractivity contribution in [3.05, 3.63) is 0 Å². The van der Waals surface area contributed by atoms with Crippen molar-refractivity contribution in [1.29, 1.82) is 0 Å². The van der Waals surface area contributed by atoms with E-state index in [2.05, 4.69) is 11.8 Å². The van der Waals surface area contributed by atoms with E-state index in [0.717, 1.165) is 24.7 Å². The predicted molar refractivity (Wildman–Crippen MR) is 82.7 cm³/mol. The standard InChI is InChI=1S/C19H26O3/c1-19-8-7-17(21)14(16(19)10-18(19)22)6-5-11(20)9-15-12-3-2-4-13(12)15/h11-17,20-21H,2-4,7-10H2,1H3/t11-,12?,13?,14-,15?,16-,17-,19+/m1/s1. The Balaban J connectivity index is 1.39. The lowest BCUT2D eigenvalue weighted by molar-refractivity contribution is -0.156. The number of aliphatic hydroxyl groups excluding tert-OH is 2. The molecule has 0 radical (unpaired) electrons. The van der Waals surface area contributed by atoms with Gasteiger partial charge in [-0.3, -0.25) is 4.79 Å². The molecule has 2 N–H and O–H groups in total. The summed E-state index contributed by atoms with van der Waals surface area (Å²) in [5.41, 5.74) is -0.267. The molecule has 3 heteroatoms. The Morgan fingerprint density at radius 2 is 2.05 bits per heavy atom. The second-order valence-corrected chi connectivity index (χ2v) is 8.25. The summed E-state index contributed by atoms with van der Waals surface area (Å²) in [5, 5.41) is 20.4. The summed E-state index contributed by atoms with van der Waals surface area (Å²) in [6, 6.07) is 0. The van der Waals surface area contributed by atoms with Crippen LogP contribution in [0.15, 0.2) is 0 Å². The van der Waals surface area contributed by atoms with Crippen LogP contribution in [0.4, 0.5) is 0 Å². The highest BCUT2D eigenvalue weighted by molar-refractivity contribution is 5.91. The number of ketones is 1. The van der Waals surface area contributed by atoms with Crippen LogP contribution >= 0.6 is 0 Å². The van der Waals surface area contributed by atoms with E-state index in [1.807, 2.05) is 6.92 Å². The maximum absolute atomic E-state index is 11.9. The highest BCUT2D eigenvalue weighted by Gasteiger charge is 2.57. The largest absolute Gasteiger partial charge is 0.392 e. The number of hydrogen-bond donors (Lipinski definition) is 2. The average molecular weight is 302 g/mol. The minimum atomic E-state index is -0.563. The third-order valence-corrected chi connectivity index (χ3v) is 7.16. The summed E-state index contributed by atoms with van der Waals surface area (Å²) in [6.45, 7) is 2.02. The van der Waals surface area contributed by atoms with Crippen molar-refractivity contribution in [2.45, 2.75) is 64.1 Å². The Labute approximate surface area is 132 Å². The molecule has 4 fully saturated rings. The van der Waals surface area contributed by atoms with Crippen molar-refractivity contribution in [2.24, 2.45) is 35.0 Å². The molecule has 0 aliphatic heterocycles. The van der Waals surface area contributed by atoms with Crippen LogP contribution in [0.3, 0.4) is 0 Å². The first-order valence-electron chi connectivity index (χ1n) is 8.91. The molecule has 4 aliphatic carbocycles. The van der Waals surface area contributed by atoms with Gasteiger partial charge in [0.1, 0.15) is 11.9 Å². The molecule has 120 valence electrons. The van der Waals surface area contributed by atoms with Crippen molar-refractivity contribution < 1.29 is 15.0 Å². The van der Waals surface area contributed by atoms with Gasteiger partial charge in [0.25, 0.3) is 0 Å². The average Bonchev–Trinajstić information content (AvgIpc) is 2.93. The Hall–Kier alpha value is -0.850. The molecule has 4 saturated carbocycles. The maximum atomic E-state index is 11.9. The van der Waals surface area contributed by atoms with Gasteiger partial charge in [0.15, 0.2) is 0 Å². The topological polar surface area (TPSA) is 57.5 Å². The summed E-state index contributed by atoms with van der Waals surface area (Å²) < 4.78 is 0. The van der Waals surface area contributed by atoms with Crippen molar-refractivity contribution >= 4 is 5.78 Å².